The van der Waals surface area contributed by atoms with E-state index in [2.05, 4.69) is 15.6 Å². The van der Waals surface area contributed by atoms with Gasteiger partial charge in [0.15, 0.2) is 12.1 Å². The summed E-state index contributed by atoms with van der Waals surface area (Å²) in [6.45, 7) is 2.63. The molecule has 0 aromatic carbocycles. The SMILES string of the molecule is CCOCCNC(=O)CO[C@@H]([C@@H]1OC(C(=O)O)=C[C@H](N=C(N)N)[C@H]1NC(C)=O)[C@H](O)CO. The van der Waals surface area contributed by atoms with E-state index in [-0.39, 0.29) is 19.1 Å². The highest BCUT2D eigenvalue weighted by molar-refractivity contribution is 5.85. The first-order valence-corrected chi connectivity index (χ1v) is 9.83. The van der Waals surface area contributed by atoms with Crippen LogP contribution in [0.3, 0.4) is 0 Å². The Morgan fingerprint density at radius 1 is 1.34 bits per heavy atom. The molecule has 2 amide bonds. The van der Waals surface area contributed by atoms with Crippen molar-refractivity contribution in [1.29, 1.82) is 0 Å². The van der Waals surface area contributed by atoms with Crippen LogP contribution in [0, 0.1) is 0 Å². The number of aliphatic carboxylic acids is 1. The topological polar surface area (TPSA) is 228 Å². The Hall–Kier alpha value is -2.94. The molecule has 1 heterocycles. The highest BCUT2D eigenvalue weighted by Crippen LogP contribution is 2.26. The minimum Gasteiger partial charge on any atom is -0.478 e. The van der Waals surface area contributed by atoms with Gasteiger partial charge in [-0.3, -0.25) is 9.59 Å². The standard InChI is InChI=1S/C18H31N5O9/c1-3-30-5-4-21-13(27)8-31-15(11(26)7-24)16-14(22-9(2)25)10(23-18(19)20)6-12(32-16)17(28)29/h6,10-11,14-16,24,26H,3-5,7-8H2,1-2H3,(H,21,27)(H,22,25)(H,28,29)(H4,19,20,23)/t10-,11+,14+,15+,16+/m0/s1. The maximum absolute atomic E-state index is 12.0. The molecular weight excluding hydrogens is 430 g/mol. The van der Waals surface area contributed by atoms with Crippen molar-refractivity contribution in [3.8, 4) is 0 Å². The average Bonchev–Trinajstić information content (AvgIpc) is 2.71. The first-order valence-electron chi connectivity index (χ1n) is 9.83. The van der Waals surface area contributed by atoms with E-state index in [0.29, 0.717) is 6.61 Å². The van der Waals surface area contributed by atoms with Crippen molar-refractivity contribution < 1.29 is 43.9 Å². The molecule has 0 fully saturated rings. The second kappa shape index (κ2) is 13.5. The Morgan fingerprint density at radius 2 is 2.03 bits per heavy atom. The van der Waals surface area contributed by atoms with E-state index < -0.39 is 67.2 Å². The Bertz CT molecular complexity index is 711. The van der Waals surface area contributed by atoms with Gasteiger partial charge in [0, 0.05) is 20.1 Å². The van der Waals surface area contributed by atoms with Crippen molar-refractivity contribution in [3.05, 3.63) is 11.8 Å². The number of nitrogens with zero attached hydrogens (tertiary/aromatic N) is 1. The molecule has 0 bridgehead atoms. The maximum atomic E-state index is 12.0. The van der Waals surface area contributed by atoms with Crippen LogP contribution in [0.1, 0.15) is 13.8 Å². The Balaban J connectivity index is 3.15. The highest BCUT2D eigenvalue weighted by atomic mass is 16.6. The molecule has 5 atom stereocenters. The van der Waals surface area contributed by atoms with Crippen LogP contribution in [0.15, 0.2) is 16.8 Å². The molecule has 0 unspecified atom stereocenters. The van der Waals surface area contributed by atoms with E-state index in [1.54, 1.807) is 6.92 Å². The number of carboxylic acids is 1. The zero-order valence-corrected chi connectivity index (χ0v) is 17.9. The summed E-state index contributed by atoms with van der Waals surface area (Å²) in [6, 6.07) is -2.18. The van der Waals surface area contributed by atoms with Crippen LogP contribution in [-0.2, 0) is 28.6 Å². The first-order chi connectivity index (χ1) is 15.1. The van der Waals surface area contributed by atoms with Gasteiger partial charge in [-0.25, -0.2) is 9.79 Å². The number of nitrogens with two attached hydrogens (primary N) is 2. The minimum absolute atomic E-state index is 0.218. The Morgan fingerprint density at radius 3 is 2.56 bits per heavy atom. The average molecular weight is 461 g/mol. The molecule has 9 N–H and O–H groups in total. The van der Waals surface area contributed by atoms with Gasteiger partial charge in [-0.1, -0.05) is 0 Å². The third-order valence-electron chi connectivity index (χ3n) is 4.26. The van der Waals surface area contributed by atoms with E-state index in [0.717, 1.165) is 6.08 Å². The molecular formula is C18H31N5O9. The number of hydrogen-bond donors (Lipinski definition) is 7. The summed E-state index contributed by atoms with van der Waals surface area (Å²) >= 11 is 0. The smallest absolute Gasteiger partial charge is 0.370 e. The van der Waals surface area contributed by atoms with Crippen molar-refractivity contribution >= 4 is 23.7 Å². The third-order valence-corrected chi connectivity index (χ3v) is 4.26. The lowest BCUT2D eigenvalue weighted by atomic mass is 9.92. The molecule has 0 spiro atoms. The number of aliphatic hydroxyl groups excluding tert-OH is 2. The van der Waals surface area contributed by atoms with E-state index in [1.807, 2.05) is 0 Å². The molecule has 1 rings (SSSR count). The number of carbonyl (C=O) groups excluding carboxylic acids is 2. The maximum Gasteiger partial charge on any atom is 0.370 e. The number of aliphatic hydroxyl groups is 2. The van der Waals surface area contributed by atoms with Crippen LogP contribution in [0.2, 0.25) is 0 Å². The molecule has 32 heavy (non-hydrogen) atoms. The second-order valence-electron chi connectivity index (χ2n) is 6.76. The number of rotatable bonds is 13. The van der Waals surface area contributed by atoms with Gasteiger partial charge in [0.05, 0.1) is 25.3 Å². The molecule has 0 saturated carbocycles. The van der Waals surface area contributed by atoms with E-state index >= 15 is 0 Å². The van der Waals surface area contributed by atoms with Crippen molar-refractivity contribution in [2.24, 2.45) is 16.5 Å². The van der Waals surface area contributed by atoms with E-state index in [1.165, 1.54) is 6.92 Å². The molecule has 0 saturated heterocycles. The van der Waals surface area contributed by atoms with Crippen LogP contribution in [0.25, 0.3) is 0 Å². The predicted octanol–water partition coefficient (Wildman–Crippen LogP) is -3.61. The summed E-state index contributed by atoms with van der Waals surface area (Å²) in [5.41, 5.74) is 10.9. The van der Waals surface area contributed by atoms with Crippen molar-refractivity contribution in [1.82, 2.24) is 10.6 Å². The molecule has 1 aliphatic rings. The van der Waals surface area contributed by atoms with Crippen molar-refractivity contribution in [3.63, 3.8) is 0 Å². The zero-order chi connectivity index (χ0) is 24.3. The quantitative estimate of drug-likeness (QED) is 0.0804. The van der Waals surface area contributed by atoms with Crippen molar-refractivity contribution in [2.45, 2.75) is 44.2 Å². The largest absolute Gasteiger partial charge is 0.478 e. The molecule has 0 aromatic rings. The summed E-state index contributed by atoms with van der Waals surface area (Å²) in [7, 11) is 0. The fourth-order valence-electron chi connectivity index (χ4n) is 2.96. The van der Waals surface area contributed by atoms with Crippen LogP contribution in [0.4, 0.5) is 0 Å². The number of aliphatic imine (C=N–C) groups is 1. The summed E-state index contributed by atoms with van der Waals surface area (Å²) < 4.78 is 16.0. The normalized spacial score (nSPS) is 22.0. The van der Waals surface area contributed by atoms with Crippen LogP contribution in [-0.4, -0.2) is 102 Å². The Labute approximate surface area is 184 Å². The lowest BCUT2D eigenvalue weighted by Crippen LogP contribution is -2.60. The number of carbonyl (C=O) groups is 3. The van der Waals surface area contributed by atoms with Gasteiger partial charge in [0.25, 0.3) is 0 Å². The second-order valence-corrected chi connectivity index (χ2v) is 6.76. The van der Waals surface area contributed by atoms with Crippen LogP contribution in [0.5, 0.6) is 0 Å². The van der Waals surface area contributed by atoms with Gasteiger partial charge in [0.2, 0.25) is 17.6 Å². The zero-order valence-electron chi connectivity index (χ0n) is 17.9. The molecule has 0 aromatic heterocycles. The lowest BCUT2D eigenvalue weighted by molar-refractivity contribution is -0.158. The van der Waals surface area contributed by atoms with Crippen molar-refractivity contribution in [2.75, 3.05) is 33.0 Å². The molecule has 182 valence electrons. The van der Waals surface area contributed by atoms with Gasteiger partial charge in [0.1, 0.15) is 18.8 Å². The van der Waals surface area contributed by atoms with E-state index in [4.69, 9.17) is 25.7 Å². The van der Waals surface area contributed by atoms with Gasteiger partial charge in [-0.2, -0.15) is 0 Å². The summed E-state index contributed by atoms with van der Waals surface area (Å²) in [6.07, 6.45) is -3.32. The molecule has 1 aliphatic heterocycles. The van der Waals surface area contributed by atoms with E-state index in [9.17, 15) is 29.7 Å². The fraction of sp³-hybridized carbons (Fsp3) is 0.667. The Kier molecular flexibility index (Phi) is 11.4. The number of ether oxygens (including phenoxy) is 3. The summed E-state index contributed by atoms with van der Waals surface area (Å²) in [4.78, 5) is 39.3. The summed E-state index contributed by atoms with van der Waals surface area (Å²) in [5.74, 6) is -3.50. The number of carboxylic acid groups (broad SMARTS) is 1. The molecule has 0 radical (unpaired) electrons. The van der Waals surface area contributed by atoms with Gasteiger partial charge in [-0.15, -0.1) is 0 Å². The van der Waals surface area contributed by atoms with Gasteiger partial charge in [-0.05, 0) is 13.0 Å². The van der Waals surface area contributed by atoms with Gasteiger partial charge >= 0.3 is 5.97 Å². The monoisotopic (exact) mass is 461 g/mol. The number of hydrogen-bond acceptors (Lipinski definition) is 9. The number of nitrogens with one attached hydrogen (secondary N) is 2. The lowest BCUT2D eigenvalue weighted by Gasteiger charge is -2.40. The van der Waals surface area contributed by atoms with Crippen LogP contribution >= 0.6 is 0 Å². The van der Waals surface area contributed by atoms with Crippen LogP contribution < -0.4 is 22.1 Å². The number of guanidine groups is 1. The summed E-state index contributed by atoms with van der Waals surface area (Å²) in [5, 5.41) is 34.2. The molecule has 14 nitrogen and oxygen atoms in total. The predicted molar refractivity (Wildman–Crippen MR) is 110 cm³/mol. The minimum atomic E-state index is -1.60. The molecule has 0 aliphatic carbocycles. The highest BCUT2D eigenvalue weighted by Gasteiger charge is 2.45. The fourth-order valence-corrected chi connectivity index (χ4v) is 2.96. The third kappa shape index (κ3) is 8.66. The first kappa shape index (κ1) is 27.1. The van der Waals surface area contributed by atoms with Gasteiger partial charge < -0.3 is 51.6 Å². The molecule has 14 heteroatoms. The number of amides is 2.